The molecule has 4 nitrogen and oxygen atoms in total. The van der Waals surface area contributed by atoms with E-state index in [0.717, 1.165) is 6.42 Å². The van der Waals surface area contributed by atoms with Gasteiger partial charge in [-0.05, 0) is 62.2 Å². The molecule has 10 atom stereocenters. The van der Waals surface area contributed by atoms with E-state index in [1.807, 2.05) is 20.8 Å². The molecule has 0 aromatic carbocycles. The van der Waals surface area contributed by atoms with Gasteiger partial charge in [-0.15, -0.1) is 11.6 Å². The van der Waals surface area contributed by atoms with E-state index in [4.69, 9.17) is 11.6 Å². The van der Waals surface area contributed by atoms with Crippen molar-refractivity contribution in [2.24, 2.45) is 34.5 Å². The van der Waals surface area contributed by atoms with Gasteiger partial charge in [0.1, 0.15) is 17.4 Å². The zero-order valence-corrected chi connectivity index (χ0v) is 17.9. The van der Waals surface area contributed by atoms with Gasteiger partial charge in [-0.25, -0.2) is 4.39 Å². The average Bonchev–Trinajstić information content (AvgIpc) is 2.85. The number of fused-ring (bicyclic) bond motifs is 5. The zero-order valence-electron chi connectivity index (χ0n) is 17.1. The summed E-state index contributed by atoms with van der Waals surface area (Å²) in [5, 5.41) is 33.0. The van der Waals surface area contributed by atoms with Gasteiger partial charge in [-0.1, -0.05) is 20.8 Å². The first-order valence-corrected chi connectivity index (χ1v) is 11.4. The molecule has 4 unspecified atom stereocenters. The van der Waals surface area contributed by atoms with Gasteiger partial charge < -0.3 is 15.3 Å². The van der Waals surface area contributed by atoms with Crippen LogP contribution in [-0.4, -0.2) is 50.5 Å². The molecule has 0 heterocycles. The average molecular weight is 417 g/mol. The number of hydrogen-bond acceptors (Lipinski definition) is 4. The standard InChI is InChI=1S/C22H34ClFO4/c1-12-8-16-14-9-17(24)21(27)10-13(25)4-6-19(21,2)15(14)5-7-20(16,3)22(12,28)18(26)11-23/h12-17,25,27-28H,4-11H2,1-3H3/t12?,13?,14-,15+,16+,17?,19-,20+,21?,22+/m1/s1. The van der Waals surface area contributed by atoms with Gasteiger partial charge in [0, 0.05) is 17.3 Å². The van der Waals surface area contributed by atoms with Gasteiger partial charge in [-0.3, -0.25) is 4.79 Å². The Morgan fingerprint density at radius 3 is 2.39 bits per heavy atom. The molecule has 0 aromatic rings. The molecule has 0 bridgehead atoms. The topological polar surface area (TPSA) is 77.8 Å². The number of Topliss-reactive ketones (excluding diaryl/α,β-unsaturated/α-hetero) is 1. The minimum Gasteiger partial charge on any atom is -0.393 e. The molecule has 4 fully saturated rings. The van der Waals surface area contributed by atoms with Crippen LogP contribution >= 0.6 is 11.6 Å². The maximum Gasteiger partial charge on any atom is 0.179 e. The van der Waals surface area contributed by atoms with E-state index in [1.54, 1.807) is 0 Å². The quantitative estimate of drug-likeness (QED) is 0.604. The molecule has 0 spiro atoms. The summed E-state index contributed by atoms with van der Waals surface area (Å²) < 4.78 is 15.5. The van der Waals surface area contributed by atoms with Crippen molar-refractivity contribution in [2.45, 2.75) is 89.2 Å². The van der Waals surface area contributed by atoms with Crippen molar-refractivity contribution in [1.82, 2.24) is 0 Å². The van der Waals surface area contributed by atoms with Gasteiger partial charge in [0.05, 0.1) is 12.0 Å². The molecule has 0 aromatic heterocycles. The predicted molar refractivity (Wildman–Crippen MR) is 105 cm³/mol. The van der Waals surface area contributed by atoms with Crippen molar-refractivity contribution < 1.29 is 24.5 Å². The summed E-state index contributed by atoms with van der Waals surface area (Å²) in [5.74, 6) is -0.554. The lowest BCUT2D eigenvalue weighted by Crippen LogP contribution is -2.68. The van der Waals surface area contributed by atoms with E-state index in [1.165, 1.54) is 0 Å². The number of rotatable bonds is 2. The van der Waals surface area contributed by atoms with Crippen molar-refractivity contribution in [3.05, 3.63) is 0 Å². The summed E-state index contributed by atoms with van der Waals surface area (Å²) in [4.78, 5) is 12.7. The summed E-state index contributed by atoms with van der Waals surface area (Å²) in [7, 11) is 0. The Hall–Kier alpha value is -0.230. The summed E-state index contributed by atoms with van der Waals surface area (Å²) in [6, 6.07) is 0. The lowest BCUT2D eigenvalue weighted by molar-refractivity contribution is -0.253. The van der Waals surface area contributed by atoms with Crippen LogP contribution in [0.15, 0.2) is 0 Å². The van der Waals surface area contributed by atoms with E-state index >= 15 is 4.39 Å². The number of aliphatic hydroxyl groups is 3. The molecule has 4 rings (SSSR count). The van der Waals surface area contributed by atoms with Gasteiger partial charge in [-0.2, -0.15) is 0 Å². The van der Waals surface area contributed by atoms with E-state index in [-0.39, 0.29) is 48.2 Å². The Bertz CT molecular complexity index is 675. The van der Waals surface area contributed by atoms with Crippen LogP contribution in [0.1, 0.15) is 65.7 Å². The third-order valence-corrected chi connectivity index (χ3v) is 10.2. The fourth-order valence-electron chi connectivity index (χ4n) is 8.25. The highest BCUT2D eigenvalue weighted by Crippen LogP contribution is 2.70. The van der Waals surface area contributed by atoms with Crippen LogP contribution < -0.4 is 0 Å². The SMILES string of the molecule is CC1C[C@H]2[C@@H]3CC(F)C4(O)CC(O)CC[C@]4(C)[C@H]3CC[C@]2(C)[C@@]1(O)C(=O)CCl. The van der Waals surface area contributed by atoms with E-state index in [9.17, 15) is 20.1 Å². The predicted octanol–water partition coefficient (Wildman–Crippen LogP) is 3.24. The fraction of sp³-hybridized carbons (Fsp3) is 0.955. The third kappa shape index (κ3) is 2.31. The Balaban J connectivity index is 1.73. The second-order valence-corrected chi connectivity index (χ2v) is 11.0. The molecule has 4 saturated carbocycles. The molecular weight excluding hydrogens is 383 g/mol. The second kappa shape index (κ2) is 6.38. The van der Waals surface area contributed by atoms with Crippen molar-refractivity contribution >= 4 is 17.4 Å². The molecule has 0 saturated heterocycles. The van der Waals surface area contributed by atoms with Crippen LogP contribution in [0.2, 0.25) is 0 Å². The van der Waals surface area contributed by atoms with Crippen LogP contribution in [0.25, 0.3) is 0 Å². The maximum atomic E-state index is 15.5. The van der Waals surface area contributed by atoms with Gasteiger partial charge in [0.25, 0.3) is 0 Å². The number of carbonyl (C=O) groups is 1. The minimum absolute atomic E-state index is 0.0221. The van der Waals surface area contributed by atoms with Gasteiger partial charge >= 0.3 is 0 Å². The Morgan fingerprint density at radius 2 is 1.75 bits per heavy atom. The number of carbonyl (C=O) groups excluding carboxylic acids is 1. The smallest absolute Gasteiger partial charge is 0.179 e. The number of halogens is 2. The molecule has 160 valence electrons. The third-order valence-electron chi connectivity index (χ3n) is 9.91. The van der Waals surface area contributed by atoms with E-state index in [0.29, 0.717) is 25.7 Å². The molecule has 28 heavy (non-hydrogen) atoms. The monoisotopic (exact) mass is 416 g/mol. The molecule has 4 aliphatic rings. The second-order valence-electron chi connectivity index (χ2n) is 10.7. The summed E-state index contributed by atoms with van der Waals surface area (Å²) in [5.41, 5.74) is -4.16. The largest absolute Gasteiger partial charge is 0.393 e. The highest BCUT2D eigenvalue weighted by molar-refractivity contribution is 6.29. The van der Waals surface area contributed by atoms with Gasteiger partial charge in [0.2, 0.25) is 0 Å². The van der Waals surface area contributed by atoms with Crippen molar-refractivity contribution in [2.75, 3.05) is 5.88 Å². The van der Waals surface area contributed by atoms with Crippen molar-refractivity contribution in [1.29, 1.82) is 0 Å². The molecule has 0 aliphatic heterocycles. The highest BCUT2D eigenvalue weighted by atomic mass is 35.5. The lowest BCUT2D eigenvalue weighted by atomic mass is 9.42. The van der Waals surface area contributed by atoms with Crippen LogP contribution in [0.5, 0.6) is 0 Å². The molecule has 0 radical (unpaired) electrons. The number of hydrogen-bond donors (Lipinski definition) is 3. The Morgan fingerprint density at radius 1 is 1.11 bits per heavy atom. The number of ketones is 1. The van der Waals surface area contributed by atoms with Gasteiger partial charge in [0.15, 0.2) is 5.78 Å². The summed E-state index contributed by atoms with van der Waals surface area (Å²) >= 11 is 5.86. The molecule has 6 heteroatoms. The van der Waals surface area contributed by atoms with Crippen LogP contribution in [-0.2, 0) is 4.79 Å². The maximum absolute atomic E-state index is 15.5. The molecule has 4 aliphatic carbocycles. The Kier molecular flexibility index (Phi) is 4.79. The Labute approximate surface area is 171 Å². The lowest BCUT2D eigenvalue weighted by Gasteiger charge is -2.65. The summed E-state index contributed by atoms with van der Waals surface area (Å²) in [6.07, 6.45) is 1.58. The first-order chi connectivity index (χ1) is 13.0. The summed E-state index contributed by atoms with van der Waals surface area (Å²) in [6.45, 7) is 5.90. The van der Waals surface area contributed by atoms with Crippen LogP contribution in [0.3, 0.4) is 0 Å². The van der Waals surface area contributed by atoms with Crippen LogP contribution in [0, 0.1) is 34.5 Å². The van der Waals surface area contributed by atoms with E-state index in [2.05, 4.69) is 0 Å². The van der Waals surface area contributed by atoms with Crippen molar-refractivity contribution in [3.63, 3.8) is 0 Å². The first-order valence-electron chi connectivity index (χ1n) is 10.8. The molecule has 3 N–H and O–H groups in total. The minimum atomic E-state index is -1.49. The van der Waals surface area contributed by atoms with E-state index < -0.39 is 34.3 Å². The number of aliphatic hydroxyl groups excluding tert-OH is 1. The van der Waals surface area contributed by atoms with Crippen molar-refractivity contribution in [3.8, 4) is 0 Å². The fourth-order valence-corrected chi connectivity index (χ4v) is 8.45. The highest BCUT2D eigenvalue weighted by Gasteiger charge is 2.72. The van der Waals surface area contributed by atoms with Crippen LogP contribution in [0.4, 0.5) is 4.39 Å². The molecular formula is C22H34ClFO4. The number of alkyl halides is 2. The first kappa shape index (κ1) is 21.0. The molecule has 0 amide bonds. The zero-order chi connectivity index (χ0) is 20.7. The normalized spacial score (nSPS) is 58.6.